The van der Waals surface area contributed by atoms with E-state index in [1.54, 1.807) is 7.11 Å². The van der Waals surface area contributed by atoms with E-state index < -0.39 is 0 Å². The second-order valence-electron chi connectivity index (χ2n) is 7.08. The van der Waals surface area contributed by atoms with Crippen LogP contribution in [0, 0.1) is 5.92 Å². The number of carbonyl (C=O) groups is 1. The van der Waals surface area contributed by atoms with Crippen LogP contribution in [0.15, 0.2) is 54.7 Å². The standard InChI is InChI=1S/C22H24N2O2/c1-26-18-7-8-21-19(14-18)20(22(25)23-21)15-24-11-9-17(10-12-24)13-16-5-3-2-4-6-16/h2-8,14-15,17H,9-13H2,1H3,(H,23,25)/b20-15+. The molecule has 4 nitrogen and oxygen atoms in total. The molecule has 2 aliphatic rings. The maximum atomic E-state index is 12.4. The van der Waals surface area contributed by atoms with Gasteiger partial charge in [-0.25, -0.2) is 0 Å². The zero-order valence-corrected chi connectivity index (χ0v) is 15.1. The van der Waals surface area contributed by atoms with Gasteiger partial charge in [0.05, 0.1) is 12.7 Å². The molecule has 0 atom stereocenters. The fourth-order valence-corrected chi connectivity index (χ4v) is 3.84. The summed E-state index contributed by atoms with van der Waals surface area (Å²) in [5.74, 6) is 1.46. The van der Waals surface area contributed by atoms with E-state index in [0.29, 0.717) is 0 Å². The third-order valence-electron chi connectivity index (χ3n) is 5.34. The molecule has 134 valence electrons. The summed E-state index contributed by atoms with van der Waals surface area (Å²) >= 11 is 0. The lowest BCUT2D eigenvalue weighted by Gasteiger charge is -2.31. The van der Waals surface area contributed by atoms with Crippen molar-refractivity contribution >= 4 is 17.2 Å². The average molecular weight is 348 g/mol. The van der Waals surface area contributed by atoms with Crippen LogP contribution in [-0.4, -0.2) is 31.0 Å². The molecular formula is C22H24N2O2. The largest absolute Gasteiger partial charge is 0.497 e. The van der Waals surface area contributed by atoms with E-state index in [4.69, 9.17) is 4.74 Å². The normalized spacial score (nSPS) is 18.7. The molecule has 4 heteroatoms. The van der Waals surface area contributed by atoms with Crippen LogP contribution in [0.5, 0.6) is 5.75 Å². The van der Waals surface area contributed by atoms with E-state index in [9.17, 15) is 4.79 Å². The van der Waals surface area contributed by atoms with Gasteiger partial charge in [-0.2, -0.15) is 0 Å². The highest BCUT2D eigenvalue weighted by Crippen LogP contribution is 2.35. The number of methoxy groups -OCH3 is 1. The van der Waals surface area contributed by atoms with Crippen molar-refractivity contribution in [3.63, 3.8) is 0 Å². The first-order chi connectivity index (χ1) is 12.7. The van der Waals surface area contributed by atoms with Crippen molar-refractivity contribution in [1.82, 2.24) is 4.90 Å². The number of piperidine rings is 1. The first kappa shape index (κ1) is 16.7. The second-order valence-corrected chi connectivity index (χ2v) is 7.08. The number of hydrogen-bond donors (Lipinski definition) is 1. The number of likely N-dealkylation sites (tertiary alicyclic amines) is 1. The molecule has 0 spiro atoms. The lowest BCUT2D eigenvalue weighted by atomic mass is 9.90. The van der Waals surface area contributed by atoms with Crippen LogP contribution in [0.3, 0.4) is 0 Å². The molecule has 1 saturated heterocycles. The van der Waals surface area contributed by atoms with Gasteiger partial charge in [-0.3, -0.25) is 4.79 Å². The molecule has 2 aromatic rings. The van der Waals surface area contributed by atoms with Gasteiger partial charge in [0, 0.05) is 30.5 Å². The van der Waals surface area contributed by atoms with Crippen molar-refractivity contribution in [2.45, 2.75) is 19.3 Å². The van der Waals surface area contributed by atoms with Gasteiger partial charge in [-0.1, -0.05) is 30.3 Å². The Morgan fingerprint density at radius 2 is 1.92 bits per heavy atom. The Morgan fingerprint density at radius 3 is 2.65 bits per heavy atom. The minimum Gasteiger partial charge on any atom is -0.497 e. The zero-order chi connectivity index (χ0) is 17.9. The average Bonchev–Trinajstić information content (AvgIpc) is 2.98. The molecule has 0 unspecified atom stereocenters. The van der Waals surface area contributed by atoms with E-state index in [1.165, 1.54) is 5.56 Å². The first-order valence-corrected chi connectivity index (χ1v) is 9.22. The molecule has 2 aromatic carbocycles. The maximum Gasteiger partial charge on any atom is 0.257 e. The highest BCUT2D eigenvalue weighted by molar-refractivity contribution is 6.31. The van der Waals surface area contributed by atoms with Crippen LogP contribution < -0.4 is 10.1 Å². The van der Waals surface area contributed by atoms with Gasteiger partial charge in [0.2, 0.25) is 0 Å². The molecule has 26 heavy (non-hydrogen) atoms. The third kappa shape index (κ3) is 3.45. The summed E-state index contributed by atoms with van der Waals surface area (Å²) in [6.07, 6.45) is 5.49. The monoisotopic (exact) mass is 348 g/mol. The van der Waals surface area contributed by atoms with Crippen molar-refractivity contribution < 1.29 is 9.53 Å². The smallest absolute Gasteiger partial charge is 0.257 e. The summed E-state index contributed by atoms with van der Waals surface area (Å²) in [7, 11) is 1.65. The topological polar surface area (TPSA) is 41.6 Å². The molecule has 2 aliphatic heterocycles. The molecule has 4 rings (SSSR count). The van der Waals surface area contributed by atoms with Crippen molar-refractivity contribution in [2.75, 3.05) is 25.5 Å². The number of ether oxygens (including phenoxy) is 1. The lowest BCUT2D eigenvalue weighted by Crippen LogP contribution is -2.31. The summed E-state index contributed by atoms with van der Waals surface area (Å²) in [4.78, 5) is 14.6. The van der Waals surface area contributed by atoms with Gasteiger partial charge in [0.15, 0.2) is 0 Å². The van der Waals surface area contributed by atoms with Crippen molar-refractivity contribution in [1.29, 1.82) is 0 Å². The van der Waals surface area contributed by atoms with Crippen LogP contribution in [0.25, 0.3) is 5.57 Å². The predicted molar refractivity (Wildman–Crippen MR) is 104 cm³/mol. The van der Waals surface area contributed by atoms with Gasteiger partial charge in [-0.05, 0) is 48.9 Å². The molecule has 1 fully saturated rings. The quantitative estimate of drug-likeness (QED) is 0.851. The number of rotatable bonds is 4. The summed E-state index contributed by atoms with van der Waals surface area (Å²) < 4.78 is 5.30. The molecule has 1 N–H and O–H groups in total. The molecule has 0 bridgehead atoms. The van der Waals surface area contributed by atoms with E-state index >= 15 is 0 Å². The first-order valence-electron chi connectivity index (χ1n) is 9.22. The molecule has 1 amide bonds. The zero-order valence-electron chi connectivity index (χ0n) is 15.1. The molecule has 0 aliphatic carbocycles. The van der Waals surface area contributed by atoms with Crippen LogP contribution in [0.2, 0.25) is 0 Å². The van der Waals surface area contributed by atoms with Crippen molar-refractivity contribution in [2.24, 2.45) is 5.92 Å². The van der Waals surface area contributed by atoms with Crippen molar-refractivity contribution in [3.05, 3.63) is 65.9 Å². The Morgan fingerprint density at radius 1 is 1.15 bits per heavy atom. The fourth-order valence-electron chi connectivity index (χ4n) is 3.84. The minimum absolute atomic E-state index is 0.0281. The highest BCUT2D eigenvalue weighted by atomic mass is 16.5. The number of nitrogens with zero attached hydrogens (tertiary/aromatic N) is 1. The van der Waals surface area contributed by atoms with Gasteiger partial charge in [0.1, 0.15) is 5.75 Å². The number of carbonyl (C=O) groups excluding carboxylic acids is 1. The van der Waals surface area contributed by atoms with Crippen LogP contribution >= 0.6 is 0 Å². The highest BCUT2D eigenvalue weighted by Gasteiger charge is 2.26. The van der Waals surface area contributed by atoms with Gasteiger partial charge in [-0.15, -0.1) is 0 Å². The summed E-state index contributed by atoms with van der Waals surface area (Å²) in [6.45, 7) is 1.99. The molecule has 0 saturated carbocycles. The molecule has 2 heterocycles. The van der Waals surface area contributed by atoms with Crippen molar-refractivity contribution in [3.8, 4) is 5.75 Å². The summed E-state index contributed by atoms with van der Waals surface area (Å²) in [5.41, 5.74) is 3.95. The fraction of sp³-hybridized carbons (Fsp3) is 0.318. The van der Waals surface area contributed by atoms with E-state index in [1.807, 2.05) is 24.4 Å². The Labute approximate surface area is 154 Å². The van der Waals surface area contributed by atoms with Gasteiger partial charge in [0.25, 0.3) is 5.91 Å². The molecule has 0 aromatic heterocycles. The van der Waals surface area contributed by atoms with E-state index in [0.717, 1.165) is 60.8 Å². The Hall–Kier alpha value is -2.75. The minimum atomic E-state index is -0.0281. The SMILES string of the molecule is COc1ccc2c(c1)/C(=C\N1CCC(Cc3ccccc3)CC1)C(=O)N2. The number of fused-ring (bicyclic) bond motifs is 1. The van der Waals surface area contributed by atoms with Gasteiger partial charge < -0.3 is 15.0 Å². The number of hydrogen-bond acceptors (Lipinski definition) is 3. The Balaban J connectivity index is 1.43. The van der Waals surface area contributed by atoms with Crippen LogP contribution in [-0.2, 0) is 11.2 Å². The second kappa shape index (κ2) is 7.24. The number of amides is 1. The van der Waals surface area contributed by atoms with Crippen LogP contribution in [0.1, 0.15) is 24.0 Å². The predicted octanol–water partition coefficient (Wildman–Crippen LogP) is 3.94. The summed E-state index contributed by atoms with van der Waals surface area (Å²) in [6, 6.07) is 16.4. The maximum absolute atomic E-state index is 12.4. The van der Waals surface area contributed by atoms with Crippen LogP contribution in [0.4, 0.5) is 5.69 Å². The number of benzene rings is 2. The number of nitrogens with one attached hydrogen (secondary N) is 1. The van der Waals surface area contributed by atoms with Gasteiger partial charge >= 0.3 is 0 Å². The van der Waals surface area contributed by atoms with E-state index in [2.05, 4.69) is 40.5 Å². The van der Waals surface area contributed by atoms with E-state index in [-0.39, 0.29) is 5.91 Å². The Bertz CT molecular complexity index is 821. The summed E-state index contributed by atoms with van der Waals surface area (Å²) in [5, 5.41) is 2.94. The number of anilines is 1. The molecular weight excluding hydrogens is 324 g/mol. The lowest BCUT2D eigenvalue weighted by molar-refractivity contribution is -0.110. The Kier molecular flexibility index (Phi) is 4.65. The molecule has 0 radical (unpaired) electrons. The third-order valence-corrected chi connectivity index (χ3v) is 5.34.